The van der Waals surface area contributed by atoms with E-state index in [1.165, 1.54) is 0 Å². The van der Waals surface area contributed by atoms with Crippen molar-refractivity contribution in [2.24, 2.45) is 0 Å². The average Bonchev–Trinajstić information content (AvgIpc) is 2.51. The van der Waals surface area contributed by atoms with Gasteiger partial charge in [0.05, 0.1) is 22.5 Å². The van der Waals surface area contributed by atoms with E-state index in [-0.39, 0.29) is 6.10 Å². The van der Waals surface area contributed by atoms with Crippen LogP contribution in [0, 0.1) is 0 Å². The van der Waals surface area contributed by atoms with E-state index < -0.39 is 0 Å². The molecule has 3 nitrogen and oxygen atoms in total. The second kappa shape index (κ2) is 3.67. The fourth-order valence-electron chi connectivity index (χ4n) is 1.81. The summed E-state index contributed by atoms with van der Waals surface area (Å²) in [6, 6.07) is 5.47. The minimum Gasteiger partial charge on any atom is -0.397 e. The summed E-state index contributed by atoms with van der Waals surface area (Å²) in [4.78, 5) is 2.03. The first-order chi connectivity index (χ1) is 6.68. The van der Waals surface area contributed by atoms with Crippen LogP contribution in [0.5, 0.6) is 0 Å². The van der Waals surface area contributed by atoms with Crippen molar-refractivity contribution in [1.82, 2.24) is 0 Å². The summed E-state index contributed by atoms with van der Waals surface area (Å²) in [7, 11) is 0. The zero-order valence-electron chi connectivity index (χ0n) is 7.78. The number of nitrogen functional groups attached to an aromatic ring is 1. The summed E-state index contributed by atoms with van der Waals surface area (Å²) in [6.45, 7) is 1.43. The van der Waals surface area contributed by atoms with E-state index in [1.807, 2.05) is 23.1 Å². The number of nitrogens with two attached hydrogens (primary N) is 1. The molecular formula is C10H13ClN2O. The lowest BCUT2D eigenvalue weighted by Crippen LogP contribution is -2.22. The number of para-hydroxylation sites is 1. The van der Waals surface area contributed by atoms with Crippen molar-refractivity contribution >= 4 is 23.0 Å². The molecule has 76 valence electrons. The molecule has 0 aliphatic carbocycles. The highest BCUT2D eigenvalue weighted by Crippen LogP contribution is 2.33. The lowest BCUT2D eigenvalue weighted by atomic mass is 10.2. The fourth-order valence-corrected chi connectivity index (χ4v) is 2.11. The Balaban J connectivity index is 2.31. The van der Waals surface area contributed by atoms with Gasteiger partial charge in [-0.15, -0.1) is 0 Å². The smallest absolute Gasteiger partial charge is 0.0790 e. The molecule has 1 unspecified atom stereocenters. The topological polar surface area (TPSA) is 49.5 Å². The number of halogens is 1. The van der Waals surface area contributed by atoms with Crippen LogP contribution in [0.3, 0.4) is 0 Å². The Bertz CT molecular complexity index is 323. The van der Waals surface area contributed by atoms with Crippen molar-refractivity contribution in [3.63, 3.8) is 0 Å². The first kappa shape index (κ1) is 9.62. The van der Waals surface area contributed by atoms with Crippen molar-refractivity contribution in [2.75, 3.05) is 23.7 Å². The Morgan fingerprint density at radius 1 is 1.50 bits per heavy atom. The number of anilines is 2. The molecule has 14 heavy (non-hydrogen) atoms. The lowest BCUT2D eigenvalue weighted by Gasteiger charge is -2.21. The van der Waals surface area contributed by atoms with Crippen molar-refractivity contribution in [1.29, 1.82) is 0 Å². The monoisotopic (exact) mass is 212 g/mol. The Morgan fingerprint density at radius 3 is 2.86 bits per heavy atom. The molecule has 1 aromatic rings. The molecule has 1 aromatic carbocycles. The first-order valence-corrected chi connectivity index (χ1v) is 5.03. The number of hydrogen-bond acceptors (Lipinski definition) is 3. The van der Waals surface area contributed by atoms with E-state index >= 15 is 0 Å². The molecule has 0 aromatic heterocycles. The predicted molar refractivity (Wildman–Crippen MR) is 58.7 cm³/mol. The van der Waals surface area contributed by atoms with Gasteiger partial charge in [-0.3, -0.25) is 0 Å². The van der Waals surface area contributed by atoms with Crippen LogP contribution in [0.1, 0.15) is 6.42 Å². The maximum atomic E-state index is 9.42. The average molecular weight is 213 g/mol. The zero-order valence-corrected chi connectivity index (χ0v) is 8.54. The summed E-state index contributed by atoms with van der Waals surface area (Å²) in [5.74, 6) is 0. The molecule has 2 rings (SSSR count). The number of β-amino-alcohol motifs (C(OH)–C–C–N with tert-alkyl or cyclic N) is 1. The Labute approximate surface area is 88.1 Å². The second-order valence-electron chi connectivity index (χ2n) is 3.57. The van der Waals surface area contributed by atoms with Gasteiger partial charge in [0.15, 0.2) is 0 Å². The Hall–Kier alpha value is -0.930. The van der Waals surface area contributed by atoms with E-state index in [2.05, 4.69) is 0 Å². The number of aliphatic hydroxyl groups is 1. The first-order valence-electron chi connectivity index (χ1n) is 4.65. The Morgan fingerprint density at radius 2 is 2.29 bits per heavy atom. The largest absolute Gasteiger partial charge is 0.397 e. The van der Waals surface area contributed by atoms with Gasteiger partial charge < -0.3 is 15.7 Å². The van der Waals surface area contributed by atoms with Crippen LogP contribution in [-0.4, -0.2) is 24.3 Å². The predicted octanol–water partition coefficient (Wildman–Crippen LogP) is 1.49. The van der Waals surface area contributed by atoms with Gasteiger partial charge in [-0.05, 0) is 18.6 Å². The number of aliphatic hydroxyl groups excluding tert-OH is 1. The van der Waals surface area contributed by atoms with Crippen LogP contribution >= 0.6 is 11.6 Å². The standard InChI is InChI=1S/C10H13ClN2O/c11-8-2-1-3-9(12)10(8)13-5-4-7(14)6-13/h1-3,7,14H,4-6,12H2. The molecule has 3 N–H and O–H groups in total. The molecule has 0 saturated carbocycles. The molecule has 0 spiro atoms. The van der Waals surface area contributed by atoms with Crippen molar-refractivity contribution in [2.45, 2.75) is 12.5 Å². The maximum Gasteiger partial charge on any atom is 0.0790 e. The third kappa shape index (κ3) is 1.65. The summed E-state index contributed by atoms with van der Waals surface area (Å²) in [5.41, 5.74) is 7.36. The summed E-state index contributed by atoms with van der Waals surface area (Å²) < 4.78 is 0. The van der Waals surface area contributed by atoms with Gasteiger partial charge in [-0.2, -0.15) is 0 Å². The second-order valence-corrected chi connectivity index (χ2v) is 3.97. The van der Waals surface area contributed by atoms with Crippen LogP contribution in [0.25, 0.3) is 0 Å². The number of nitrogens with zero attached hydrogens (tertiary/aromatic N) is 1. The normalized spacial score (nSPS) is 21.6. The maximum absolute atomic E-state index is 9.42. The molecule has 0 bridgehead atoms. The molecule has 1 saturated heterocycles. The zero-order chi connectivity index (χ0) is 10.1. The molecule has 1 atom stereocenters. The Kier molecular flexibility index (Phi) is 2.52. The van der Waals surface area contributed by atoms with Crippen LogP contribution in [0.2, 0.25) is 5.02 Å². The van der Waals surface area contributed by atoms with Crippen LogP contribution in [0.15, 0.2) is 18.2 Å². The summed E-state index contributed by atoms with van der Waals surface area (Å²) in [5, 5.41) is 10.1. The minimum absolute atomic E-state index is 0.259. The molecule has 1 aliphatic rings. The molecule has 1 heterocycles. The van der Waals surface area contributed by atoms with Gasteiger partial charge in [-0.1, -0.05) is 17.7 Å². The van der Waals surface area contributed by atoms with Gasteiger partial charge in [0.1, 0.15) is 0 Å². The highest BCUT2D eigenvalue weighted by molar-refractivity contribution is 6.34. The fraction of sp³-hybridized carbons (Fsp3) is 0.400. The third-order valence-electron chi connectivity index (χ3n) is 2.50. The van der Waals surface area contributed by atoms with Crippen LogP contribution in [0.4, 0.5) is 11.4 Å². The van der Waals surface area contributed by atoms with Gasteiger partial charge in [-0.25, -0.2) is 0 Å². The lowest BCUT2D eigenvalue weighted by molar-refractivity contribution is 0.198. The SMILES string of the molecule is Nc1cccc(Cl)c1N1CCC(O)C1. The summed E-state index contributed by atoms with van der Waals surface area (Å²) >= 11 is 6.05. The van der Waals surface area contributed by atoms with Crippen molar-refractivity contribution in [3.8, 4) is 0 Å². The van der Waals surface area contributed by atoms with Gasteiger partial charge >= 0.3 is 0 Å². The van der Waals surface area contributed by atoms with Gasteiger partial charge in [0.25, 0.3) is 0 Å². The minimum atomic E-state index is -0.259. The molecule has 1 aliphatic heterocycles. The van der Waals surface area contributed by atoms with Gasteiger partial charge in [0.2, 0.25) is 0 Å². The highest BCUT2D eigenvalue weighted by atomic mass is 35.5. The number of rotatable bonds is 1. The molecule has 0 amide bonds. The van der Waals surface area contributed by atoms with E-state index in [1.54, 1.807) is 0 Å². The summed E-state index contributed by atoms with van der Waals surface area (Å²) in [6.07, 6.45) is 0.524. The molecular weight excluding hydrogens is 200 g/mol. The van der Waals surface area contributed by atoms with Gasteiger partial charge in [0, 0.05) is 13.1 Å². The van der Waals surface area contributed by atoms with Crippen LogP contribution < -0.4 is 10.6 Å². The molecule has 4 heteroatoms. The van der Waals surface area contributed by atoms with Crippen molar-refractivity contribution < 1.29 is 5.11 Å². The number of benzene rings is 1. The van der Waals surface area contributed by atoms with Crippen molar-refractivity contribution in [3.05, 3.63) is 23.2 Å². The van der Waals surface area contributed by atoms with E-state index in [0.717, 1.165) is 18.7 Å². The molecule has 1 fully saturated rings. The quantitative estimate of drug-likeness (QED) is 0.694. The third-order valence-corrected chi connectivity index (χ3v) is 2.80. The highest BCUT2D eigenvalue weighted by Gasteiger charge is 2.23. The van der Waals surface area contributed by atoms with E-state index in [0.29, 0.717) is 17.3 Å². The molecule has 0 radical (unpaired) electrons. The number of hydrogen-bond donors (Lipinski definition) is 2. The van der Waals surface area contributed by atoms with Crippen LogP contribution in [-0.2, 0) is 0 Å². The van der Waals surface area contributed by atoms with E-state index in [4.69, 9.17) is 17.3 Å². The van der Waals surface area contributed by atoms with E-state index in [9.17, 15) is 5.11 Å².